The molecule has 0 saturated carbocycles. The van der Waals surface area contributed by atoms with Gasteiger partial charge in [-0.05, 0) is 80.2 Å². The minimum absolute atomic E-state index is 0.180. The van der Waals surface area contributed by atoms with E-state index in [4.69, 9.17) is 0 Å². The van der Waals surface area contributed by atoms with Gasteiger partial charge in [-0.1, -0.05) is 12.2 Å². The summed E-state index contributed by atoms with van der Waals surface area (Å²) in [4.78, 5) is 0. The molecule has 1 atom stereocenters. The van der Waals surface area contributed by atoms with Crippen molar-refractivity contribution in [3.05, 3.63) is 64.0 Å². The standard InChI is InChI=1S/C18H22O3/c1-10(2)16-13(7-12(4)19)8-14-9-15(20)6-11(3)17(14)18(16,5)21/h6-7,9,19-21H,1,8H2,2-5H3/b12-7+. The molecule has 1 aliphatic rings. The van der Waals surface area contributed by atoms with Crippen molar-refractivity contribution in [2.45, 2.75) is 39.7 Å². The third kappa shape index (κ3) is 2.61. The lowest BCUT2D eigenvalue weighted by Crippen LogP contribution is -2.32. The van der Waals surface area contributed by atoms with Gasteiger partial charge in [-0.25, -0.2) is 0 Å². The van der Waals surface area contributed by atoms with Crippen molar-refractivity contribution >= 4 is 0 Å². The molecular weight excluding hydrogens is 264 g/mol. The van der Waals surface area contributed by atoms with Crippen LogP contribution in [0.5, 0.6) is 5.75 Å². The molecule has 0 amide bonds. The Balaban J connectivity index is 2.78. The number of hydrogen-bond acceptors (Lipinski definition) is 3. The monoisotopic (exact) mass is 286 g/mol. The number of aromatic hydroxyl groups is 1. The molecule has 2 rings (SSSR count). The number of benzene rings is 1. The Labute approximate surface area is 125 Å². The predicted molar refractivity (Wildman–Crippen MR) is 84.3 cm³/mol. The number of aryl methyl sites for hydroxylation is 1. The van der Waals surface area contributed by atoms with E-state index in [0.717, 1.165) is 33.4 Å². The van der Waals surface area contributed by atoms with Gasteiger partial charge >= 0.3 is 0 Å². The molecule has 0 saturated heterocycles. The first-order valence-electron chi connectivity index (χ1n) is 6.96. The predicted octanol–water partition coefficient (Wildman–Crippen LogP) is 3.80. The van der Waals surface area contributed by atoms with E-state index < -0.39 is 5.60 Å². The average Bonchev–Trinajstić information content (AvgIpc) is 2.23. The molecule has 0 spiro atoms. The fraction of sp³-hybridized carbons (Fsp3) is 0.333. The second-order valence-corrected chi connectivity index (χ2v) is 6.01. The van der Waals surface area contributed by atoms with Crippen LogP contribution in [0.15, 0.2) is 47.3 Å². The van der Waals surface area contributed by atoms with Crippen LogP contribution in [0.1, 0.15) is 37.5 Å². The number of phenolic OH excluding ortho intramolecular Hbond substituents is 1. The van der Waals surface area contributed by atoms with Crippen LogP contribution in [0.4, 0.5) is 0 Å². The fourth-order valence-corrected chi connectivity index (χ4v) is 3.47. The zero-order chi connectivity index (χ0) is 15.9. The summed E-state index contributed by atoms with van der Waals surface area (Å²) in [5, 5.41) is 30.5. The van der Waals surface area contributed by atoms with E-state index in [1.54, 1.807) is 32.1 Å². The summed E-state index contributed by atoms with van der Waals surface area (Å²) in [6.45, 7) is 11.0. The van der Waals surface area contributed by atoms with Gasteiger partial charge in [0.1, 0.15) is 11.4 Å². The molecule has 3 nitrogen and oxygen atoms in total. The maximum Gasteiger partial charge on any atom is 0.116 e. The van der Waals surface area contributed by atoms with E-state index in [9.17, 15) is 15.3 Å². The Kier molecular flexibility index (Phi) is 3.72. The Morgan fingerprint density at radius 1 is 1.33 bits per heavy atom. The highest BCUT2D eigenvalue weighted by Crippen LogP contribution is 2.45. The zero-order valence-electron chi connectivity index (χ0n) is 13.0. The molecule has 0 fully saturated rings. The SMILES string of the molecule is C=C(C)C1=C(/C=C(\C)O)Cc2cc(O)cc(C)c2C1(C)O. The van der Waals surface area contributed by atoms with Gasteiger partial charge in [0.2, 0.25) is 0 Å². The second kappa shape index (κ2) is 5.08. The van der Waals surface area contributed by atoms with Crippen LogP contribution in [0.25, 0.3) is 0 Å². The Hall–Kier alpha value is -2.00. The van der Waals surface area contributed by atoms with Gasteiger partial charge in [-0.15, -0.1) is 0 Å². The molecule has 1 unspecified atom stereocenters. The van der Waals surface area contributed by atoms with Crippen molar-refractivity contribution in [1.82, 2.24) is 0 Å². The fourth-order valence-electron chi connectivity index (χ4n) is 3.47. The van der Waals surface area contributed by atoms with E-state index in [-0.39, 0.29) is 11.5 Å². The Bertz CT molecular complexity index is 672. The summed E-state index contributed by atoms with van der Waals surface area (Å²) in [6, 6.07) is 3.33. The van der Waals surface area contributed by atoms with E-state index in [1.807, 2.05) is 13.8 Å². The summed E-state index contributed by atoms with van der Waals surface area (Å²) >= 11 is 0. The number of aliphatic hydroxyl groups is 2. The lowest BCUT2D eigenvalue weighted by atomic mass is 9.71. The molecule has 0 bridgehead atoms. The molecule has 3 N–H and O–H groups in total. The quantitative estimate of drug-likeness (QED) is 0.725. The number of phenols is 1. The zero-order valence-corrected chi connectivity index (χ0v) is 13.0. The van der Waals surface area contributed by atoms with E-state index >= 15 is 0 Å². The van der Waals surface area contributed by atoms with Crippen molar-refractivity contribution < 1.29 is 15.3 Å². The molecule has 0 aliphatic heterocycles. The summed E-state index contributed by atoms with van der Waals surface area (Å²) in [7, 11) is 0. The van der Waals surface area contributed by atoms with Crippen LogP contribution >= 0.6 is 0 Å². The highest BCUT2D eigenvalue weighted by molar-refractivity contribution is 5.59. The van der Waals surface area contributed by atoms with Crippen molar-refractivity contribution in [3.8, 4) is 5.75 Å². The molecule has 112 valence electrons. The van der Waals surface area contributed by atoms with Crippen LogP contribution in [0.3, 0.4) is 0 Å². The number of aliphatic hydroxyl groups excluding tert-OH is 1. The summed E-state index contributed by atoms with van der Waals surface area (Å²) in [5.41, 5.74) is 3.66. The van der Waals surface area contributed by atoms with Gasteiger partial charge in [-0.2, -0.15) is 0 Å². The first-order chi connectivity index (χ1) is 9.64. The van der Waals surface area contributed by atoms with Crippen LogP contribution < -0.4 is 0 Å². The third-order valence-electron chi connectivity index (χ3n) is 3.89. The van der Waals surface area contributed by atoms with Gasteiger partial charge in [0.05, 0.1) is 5.76 Å². The molecule has 0 aromatic heterocycles. The molecule has 1 aromatic rings. The third-order valence-corrected chi connectivity index (χ3v) is 3.89. The van der Waals surface area contributed by atoms with E-state index in [0.29, 0.717) is 6.42 Å². The minimum Gasteiger partial charge on any atom is -0.513 e. The van der Waals surface area contributed by atoms with Crippen LogP contribution in [-0.4, -0.2) is 15.3 Å². The van der Waals surface area contributed by atoms with Gasteiger partial charge in [-0.3, -0.25) is 0 Å². The number of allylic oxidation sites excluding steroid dienone is 3. The maximum absolute atomic E-state index is 11.1. The van der Waals surface area contributed by atoms with Gasteiger partial charge in [0, 0.05) is 0 Å². The highest BCUT2D eigenvalue weighted by Gasteiger charge is 2.37. The molecule has 1 aromatic carbocycles. The second-order valence-electron chi connectivity index (χ2n) is 6.01. The van der Waals surface area contributed by atoms with Crippen molar-refractivity contribution in [3.63, 3.8) is 0 Å². The Morgan fingerprint density at radius 2 is 1.95 bits per heavy atom. The number of fused-ring (bicyclic) bond motifs is 1. The van der Waals surface area contributed by atoms with Crippen LogP contribution in [-0.2, 0) is 12.0 Å². The maximum atomic E-state index is 11.1. The highest BCUT2D eigenvalue weighted by atomic mass is 16.3. The topological polar surface area (TPSA) is 60.7 Å². The first-order valence-corrected chi connectivity index (χ1v) is 6.96. The largest absolute Gasteiger partial charge is 0.513 e. The first kappa shape index (κ1) is 15.4. The lowest BCUT2D eigenvalue weighted by Gasteiger charge is -2.37. The summed E-state index contributed by atoms with van der Waals surface area (Å²) in [5.74, 6) is 0.366. The van der Waals surface area contributed by atoms with Gasteiger partial charge in [0.15, 0.2) is 0 Å². The number of rotatable bonds is 2. The van der Waals surface area contributed by atoms with Gasteiger partial charge < -0.3 is 15.3 Å². The summed E-state index contributed by atoms with van der Waals surface area (Å²) in [6.07, 6.45) is 2.20. The smallest absolute Gasteiger partial charge is 0.116 e. The number of hydrogen-bond donors (Lipinski definition) is 3. The molecule has 3 heteroatoms. The van der Waals surface area contributed by atoms with Crippen LogP contribution in [0.2, 0.25) is 0 Å². The molecule has 21 heavy (non-hydrogen) atoms. The van der Waals surface area contributed by atoms with Crippen LogP contribution in [0, 0.1) is 6.92 Å². The Morgan fingerprint density at radius 3 is 2.48 bits per heavy atom. The van der Waals surface area contributed by atoms with E-state index in [2.05, 4.69) is 6.58 Å². The van der Waals surface area contributed by atoms with Crippen molar-refractivity contribution in [2.75, 3.05) is 0 Å². The molecule has 0 radical (unpaired) electrons. The van der Waals surface area contributed by atoms with E-state index in [1.165, 1.54) is 0 Å². The lowest BCUT2D eigenvalue weighted by molar-refractivity contribution is 0.0949. The molecule has 1 aliphatic carbocycles. The van der Waals surface area contributed by atoms with Crippen molar-refractivity contribution in [1.29, 1.82) is 0 Å². The molecular formula is C18H22O3. The minimum atomic E-state index is -1.20. The van der Waals surface area contributed by atoms with Gasteiger partial charge in [0.25, 0.3) is 0 Å². The summed E-state index contributed by atoms with van der Waals surface area (Å²) < 4.78 is 0. The van der Waals surface area contributed by atoms with Crippen molar-refractivity contribution in [2.24, 2.45) is 0 Å². The molecule has 0 heterocycles. The normalized spacial score (nSPS) is 22.2. The average molecular weight is 286 g/mol.